The highest BCUT2D eigenvalue weighted by atomic mass is 19.4. The van der Waals surface area contributed by atoms with Crippen LogP contribution in [0.4, 0.5) is 13.2 Å². The van der Waals surface area contributed by atoms with Crippen LogP contribution < -0.4 is 4.74 Å². The normalized spacial score (nSPS) is 31.4. The maximum Gasteiger partial charge on any atom is 0.395 e. The van der Waals surface area contributed by atoms with Gasteiger partial charge in [0.15, 0.2) is 0 Å². The van der Waals surface area contributed by atoms with Crippen molar-refractivity contribution < 1.29 is 32.5 Å². The van der Waals surface area contributed by atoms with Gasteiger partial charge in [-0.15, -0.1) is 0 Å². The molecule has 4 unspecified atom stereocenters. The minimum absolute atomic E-state index is 0.0390. The monoisotopic (exact) mass is 357 g/mol. The molecule has 2 saturated heterocycles. The molecule has 0 saturated carbocycles. The second-order valence-corrected chi connectivity index (χ2v) is 6.78. The highest BCUT2D eigenvalue weighted by Gasteiger charge is 2.63. The summed E-state index contributed by atoms with van der Waals surface area (Å²) in [5, 5.41) is 9.52. The molecule has 3 aliphatic heterocycles. The number of phenols is 1. The van der Waals surface area contributed by atoms with Crippen molar-refractivity contribution in [3.05, 3.63) is 23.8 Å². The van der Waals surface area contributed by atoms with Gasteiger partial charge in [-0.2, -0.15) is 13.2 Å². The van der Waals surface area contributed by atoms with E-state index in [0.717, 1.165) is 0 Å². The van der Waals surface area contributed by atoms with Crippen molar-refractivity contribution >= 4 is 5.91 Å². The van der Waals surface area contributed by atoms with E-state index in [0.29, 0.717) is 24.2 Å². The van der Waals surface area contributed by atoms with Gasteiger partial charge in [0.25, 0.3) is 0 Å². The Hall–Kier alpha value is -1.96. The van der Waals surface area contributed by atoms with Crippen LogP contribution in [0.15, 0.2) is 18.2 Å². The Balaban J connectivity index is 1.59. The molecule has 0 aromatic heterocycles. The number of hydrogen-bond donors (Lipinski definition) is 1. The lowest BCUT2D eigenvalue weighted by Gasteiger charge is -2.32. The summed E-state index contributed by atoms with van der Waals surface area (Å²) in [6.07, 6.45) is -5.18. The molecule has 8 heteroatoms. The van der Waals surface area contributed by atoms with Crippen molar-refractivity contribution in [1.82, 2.24) is 4.90 Å². The number of ether oxygens (including phenoxy) is 2. The van der Waals surface area contributed by atoms with Crippen LogP contribution in [0.2, 0.25) is 0 Å². The van der Waals surface area contributed by atoms with E-state index in [1.807, 2.05) is 0 Å². The van der Waals surface area contributed by atoms with Gasteiger partial charge in [-0.05, 0) is 25.0 Å². The van der Waals surface area contributed by atoms with E-state index in [1.165, 1.54) is 17.0 Å². The molecule has 2 bridgehead atoms. The van der Waals surface area contributed by atoms with Crippen molar-refractivity contribution in [2.45, 2.75) is 37.8 Å². The van der Waals surface area contributed by atoms with Gasteiger partial charge in [0.2, 0.25) is 5.91 Å². The van der Waals surface area contributed by atoms with E-state index >= 15 is 0 Å². The molecule has 0 aliphatic carbocycles. The second kappa shape index (κ2) is 5.79. The lowest BCUT2D eigenvalue weighted by molar-refractivity contribution is -0.199. The van der Waals surface area contributed by atoms with Gasteiger partial charge in [-0.25, -0.2) is 0 Å². The molecule has 1 aromatic rings. The fourth-order valence-corrected chi connectivity index (χ4v) is 4.16. The number of alkyl halides is 3. The maximum absolute atomic E-state index is 13.5. The predicted octanol–water partition coefficient (Wildman–Crippen LogP) is 2.47. The highest BCUT2D eigenvalue weighted by Crippen LogP contribution is 2.51. The first-order valence-corrected chi connectivity index (χ1v) is 8.30. The van der Waals surface area contributed by atoms with Gasteiger partial charge < -0.3 is 19.5 Å². The lowest BCUT2D eigenvalue weighted by atomic mass is 9.78. The summed E-state index contributed by atoms with van der Waals surface area (Å²) in [4.78, 5) is 14.3. The summed E-state index contributed by atoms with van der Waals surface area (Å²) in [6, 6.07) is 4.53. The van der Waals surface area contributed by atoms with Crippen LogP contribution in [0.1, 0.15) is 18.4 Å². The molecule has 4 atom stereocenters. The fourth-order valence-electron chi connectivity index (χ4n) is 4.16. The quantitative estimate of drug-likeness (QED) is 0.839. The standard InChI is InChI=1S/C17H18F3NO4/c18-17(19,20)15-12-4-3-11(25-12)14(15)16(23)21-5-6-24-13-7-10(22)2-1-9(13)8-21/h1-2,7,11-12,14-15,22H,3-6,8H2. The van der Waals surface area contributed by atoms with E-state index in [2.05, 4.69) is 0 Å². The van der Waals surface area contributed by atoms with Gasteiger partial charge in [0.1, 0.15) is 18.1 Å². The molecular formula is C17H18F3NO4. The van der Waals surface area contributed by atoms with Gasteiger partial charge in [-0.3, -0.25) is 4.79 Å². The molecule has 136 valence electrons. The molecular weight excluding hydrogens is 339 g/mol. The van der Waals surface area contributed by atoms with Crippen LogP contribution >= 0.6 is 0 Å². The van der Waals surface area contributed by atoms with Gasteiger partial charge in [0, 0.05) is 18.2 Å². The molecule has 0 radical (unpaired) electrons. The number of aromatic hydroxyl groups is 1. The zero-order valence-electron chi connectivity index (χ0n) is 13.3. The van der Waals surface area contributed by atoms with Crippen molar-refractivity contribution in [2.75, 3.05) is 13.2 Å². The van der Waals surface area contributed by atoms with E-state index in [4.69, 9.17) is 9.47 Å². The highest BCUT2D eigenvalue weighted by molar-refractivity contribution is 5.80. The molecule has 3 aliphatic rings. The predicted molar refractivity (Wildman–Crippen MR) is 79.9 cm³/mol. The second-order valence-electron chi connectivity index (χ2n) is 6.78. The first-order chi connectivity index (χ1) is 11.8. The molecule has 4 rings (SSSR count). The largest absolute Gasteiger partial charge is 0.508 e. The van der Waals surface area contributed by atoms with Crippen LogP contribution in [0.3, 0.4) is 0 Å². The van der Waals surface area contributed by atoms with Crippen LogP contribution in [-0.4, -0.2) is 47.4 Å². The number of carbonyl (C=O) groups excluding carboxylic acids is 1. The number of rotatable bonds is 1. The number of halogens is 3. The van der Waals surface area contributed by atoms with E-state index in [-0.39, 0.29) is 25.4 Å². The molecule has 0 spiro atoms. The smallest absolute Gasteiger partial charge is 0.395 e. The Labute approximate surface area is 142 Å². The number of carbonyl (C=O) groups is 1. The summed E-state index contributed by atoms with van der Waals surface area (Å²) in [5.41, 5.74) is 0.663. The summed E-state index contributed by atoms with van der Waals surface area (Å²) < 4.78 is 51.3. The van der Waals surface area contributed by atoms with E-state index in [1.54, 1.807) is 6.07 Å². The number of phenolic OH excluding ortho intramolecular Hbond substituents is 1. The average Bonchev–Trinajstić information content (AvgIpc) is 3.09. The van der Waals surface area contributed by atoms with Crippen LogP contribution in [0, 0.1) is 11.8 Å². The van der Waals surface area contributed by atoms with Crippen LogP contribution in [0.5, 0.6) is 11.5 Å². The van der Waals surface area contributed by atoms with Crippen molar-refractivity contribution in [2.24, 2.45) is 11.8 Å². The molecule has 25 heavy (non-hydrogen) atoms. The minimum Gasteiger partial charge on any atom is -0.508 e. The molecule has 1 amide bonds. The van der Waals surface area contributed by atoms with Gasteiger partial charge in [0.05, 0.1) is 30.6 Å². The number of nitrogens with zero attached hydrogens (tertiary/aromatic N) is 1. The molecule has 1 aromatic carbocycles. The first kappa shape index (κ1) is 16.5. The summed E-state index contributed by atoms with van der Waals surface area (Å²) >= 11 is 0. The van der Waals surface area contributed by atoms with Gasteiger partial charge in [-0.1, -0.05) is 0 Å². The zero-order valence-corrected chi connectivity index (χ0v) is 13.3. The Morgan fingerprint density at radius 3 is 2.76 bits per heavy atom. The first-order valence-electron chi connectivity index (χ1n) is 8.30. The summed E-state index contributed by atoms with van der Waals surface area (Å²) in [7, 11) is 0. The van der Waals surface area contributed by atoms with Crippen molar-refractivity contribution in [3.8, 4) is 11.5 Å². The van der Waals surface area contributed by atoms with Crippen LogP contribution in [0.25, 0.3) is 0 Å². The number of hydrogen-bond acceptors (Lipinski definition) is 4. The Kier molecular flexibility index (Phi) is 3.82. The van der Waals surface area contributed by atoms with Crippen molar-refractivity contribution in [3.63, 3.8) is 0 Å². The Morgan fingerprint density at radius 2 is 2.00 bits per heavy atom. The third-order valence-electron chi connectivity index (χ3n) is 5.28. The molecule has 2 fully saturated rings. The molecule has 3 heterocycles. The zero-order chi connectivity index (χ0) is 17.8. The number of fused-ring (bicyclic) bond motifs is 3. The third kappa shape index (κ3) is 2.82. The number of benzene rings is 1. The Bertz CT molecular complexity index is 693. The topological polar surface area (TPSA) is 59.0 Å². The lowest BCUT2D eigenvalue weighted by Crippen LogP contribution is -2.48. The maximum atomic E-state index is 13.5. The summed E-state index contributed by atoms with van der Waals surface area (Å²) in [6.45, 7) is 0.528. The molecule has 5 nitrogen and oxygen atoms in total. The Morgan fingerprint density at radius 1 is 1.24 bits per heavy atom. The van der Waals surface area contributed by atoms with E-state index < -0.39 is 36.1 Å². The van der Waals surface area contributed by atoms with Crippen LogP contribution in [-0.2, 0) is 16.1 Å². The van der Waals surface area contributed by atoms with Crippen molar-refractivity contribution in [1.29, 1.82) is 0 Å². The third-order valence-corrected chi connectivity index (χ3v) is 5.28. The SMILES string of the molecule is O=C(C1C2CCC(O2)C1C(F)(F)F)N1CCOc2cc(O)ccc2C1. The minimum atomic E-state index is -4.45. The average molecular weight is 357 g/mol. The van der Waals surface area contributed by atoms with Gasteiger partial charge >= 0.3 is 6.18 Å². The number of amides is 1. The fraction of sp³-hybridized carbons (Fsp3) is 0.588. The van der Waals surface area contributed by atoms with E-state index in [9.17, 15) is 23.1 Å². The molecule has 1 N–H and O–H groups in total. The summed E-state index contributed by atoms with van der Waals surface area (Å²) in [5.74, 6) is -2.96.